The molecule has 0 aromatic heterocycles. The van der Waals surface area contributed by atoms with E-state index in [4.69, 9.17) is 16.3 Å². The summed E-state index contributed by atoms with van der Waals surface area (Å²) in [6.07, 6.45) is 0.432. The summed E-state index contributed by atoms with van der Waals surface area (Å²) < 4.78 is 7.90. The number of ether oxygens (including phenoxy) is 1. The highest BCUT2D eigenvalue weighted by Gasteiger charge is 2.22. The number of nitrogens with zero attached hydrogens (tertiary/aromatic N) is 3. The van der Waals surface area contributed by atoms with Gasteiger partial charge >= 0.3 is 5.69 Å². The van der Waals surface area contributed by atoms with Gasteiger partial charge in [-0.2, -0.15) is 4.98 Å². The van der Waals surface area contributed by atoms with Gasteiger partial charge in [0.25, 0.3) is 5.56 Å². The minimum atomic E-state index is -0.693. The van der Waals surface area contributed by atoms with Gasteiger partial charge in [-0.25, -0.2) is 9.78 Å². The maximum Gasteiger partial charge on any atom is 0.349 e. The van der Waals surface area contributed by atoms with E-state index in [0.29, 0.717) is 36.0 Å². The smallest absolute Gasteiger partial charge is 0.349 e. The lowest BCUT2D eigenvalue weighted by molar-refractivity contribution is 0.0517. The molecule has 180 valence electrons. The average Bonchev–Trinajstić information content (AvgIpc) is 2.82. The van der Waals surface area contributed by atoms with E-state index >= 15 is 0 Å². The van der Waals surface area contributed by atoms with Crippen molar-refractivity contribution in [3.05, 3.63) is 79.5 Å². The largest absolute Gasteiger partial charge is 0.376 e. The van der Waals surface area contributed by atoms with Crippen molar-refractivity contribution >= 4 is 22.6 Å². The minimum absolute atomic E-state index is 0.139. The Morgan fingerprint density at radius 3 is 2.41 bits per heavy atom. The van der Waals surface area contributed by atoms with Crippen LogP contribution in [0.2, 0.25) is 5.02 Å². The fourth-order valence-corrected chi connectivity index (χ4v) is 3.99. The fraction of sp³-hybridized carbons (Fsp3) is 0.385. The summed E-state index contributed by atoms with van der Waals surface area (Å²) in [5, 5.41) is 0.676. The molecule has 0 saturated heterocycles. The van der Waals surface area contributed by atoms with Gasteiger partial charge in [0, 0.05) is 18.1 Å². The Labute approximate surface area is 204 Å². The Kier molecular flexibility index (Phi) is 8.58. The molecule has 0 amide bonds. The first-order valence-electron chi connectivity index (χ1n) is 11.7. The van der Waals surface area contributed by atoms with Gasteiger partial charge in [-0.1, -0.05) is 57.5 Å². The van der Waals surface area contributed by atoms with Crippen LogP contribution in [0.25, 0.3) is 22.6 Å². The lowest BCUT2D eigenvalue weighted by atomic mass is 10.0. The summed E-state index contributed by atoms with van der Waals surface area (Å²) >= 11 is 6.02. The maximum atomic E-state index is 12.5. The SMILES string of the molecule is CC.CCOC(Cc1ccc(Cl)cc1)Cn1c2nc(=O)[nH]c(=O)c-2nc2cc(C(C)C)ccc21. The summed E-state index contributed by atoms with van der Waals surface area (Å²) in [6, 6.07) is 13.6. The first-order chi connectivity index (χ1) is 16.4. The summed E-state index contributed by atoms with van der Waals surface area (Å²) in [4.78, 5) is 35.4. The molecule has 1 atom stereocenters. The fourth-order valence-electron chi connectivity index (χ4n) is 3.86. The maximum absolute atomic E-state index is 12.5. The number of hydrogen-bond donors (Lipinski definition) is 1. The van der Waals surface area contributed by atoms with Crippen molar-refractivity contribution in [2.75, 3.05) is 6.61 Å². The molecular weight excluding hydrogens is 452 g/mol. The molecule has 2 aliphatic heterocycles. The van der Waals surface area contributed by atoms with Crippen LogP contribution in [0.3, 0.4) is 0 Å². The quantitative estimate of drug-likeness (QED) is 0.373. The molecule has 0 radical (unpaired) electrons. The Morgan fingerprint density at radius 2 is 1.76 bits per heavy atom. The molecule has 8 heteroatoms. The van der Waals surface area contributed by atoms with E-state index in [2.05, 4.69) is 28.8 Å². The molecule has 1 unspecified atom stereocenters. The molecule has 4 rings (SSSR count). The Hall–Kier alpha value is -3.03. The predicted octanol–water partition coefficient (Wildman–Crippen LogP) is 5.04. The number of halogens is 1. The molecule has 2 aliphatic rings. The number of fused-ring (bicyclic) bond motifs is 2. The number of rotatable bonds is 7. The molecule has 1 N–H and O–H groups in total. The summed E-state index contributed by atoms with van der Waals surface area (Å²) in [7, 11) is 0. The average molecular weight is 483 g/mol. The Morgan fingerprint density at radius 1 is 1.06 bits per heavy atom. The van der Waals surface area contributed by atoms with Crippen LogP contribution < -0.4 is 11.2 Å². The van der Waals surface area contributed by atoms with Crippen LogP contribution in [0.15, 0.2) is 52.1 Å². The van der Waals surface area contributed by atoms with E-state index in [0.717, 1.165) is 16.6 Å². The summed E-state index contributed by atoms with van der Waals surface area (Å²) in [6.45, 7) is 11.1. The molecule has 0 spiro atoms. The third-order valence-electron chi connectivity index (χ3n) is 5.46. The van der Waals surface area contributed by atoms with Gasteiger partial charge < -0.3 is 9.30 Å². The van der Waals surface area contributed by atoms with E-state index in [9.17, 15) is 9.59 Å². The van der Waals surface area contributed by atoms with Crippen molar-refractivity contribution in [1.29, 1.82) is 0 Å². The Bertz CT molecular complexity index is 1330. The zero-order valence-electron chi connectivity index (χ0n) is 20.3. The highest BCUT2D eigenvalue weighted by molar-refractivity contribution is 6.30. The van der Waals surface area contributed by atoms with Crippen LogP contribution in [0.5, 0.6) is 0 Å². The van der Waals surface area contributed by atoms with Gasteiger partial charge in [0.15, 0.2) is 11.5 Å². The van der Waals surface area contributed by atoms with Crippen LogP contribution in [0.4, 0.5) is 0 Å². The molecule has 0 aliphatic carbocycles. The summed E-state index contributed by atoms with van der Waals surface area (Å²) in [5.41, 5.74) is 2.56. The van der Waals surface area contributed by atoms with Crippen molar-refractivity contribution in [1.82, 2.24) is 19.5 Å². The normalized spacial score (nSPS) is 12.1. The third-order valence-corrected chi connectivity index (χ3v) is 5.72. The van der Waals surface area contributed by atoms with Gasteiger partial charge in [-0.3, -0.25) is 9.78 Å². The number of hydrogen-bond acceptors (Lipinski definition) is 5. The lowest BCUT2D eigenvalue weighted by Crippen LogP contribution is -2.31. The van der Waals surface area contributed by atoms with Crippen LogP contribution >= 0.6 is 11.6 Å². The van der Waals surface area contributed by atoms with Crippen LogP contribution in [0.1, 0.15) is 51.7 Å². The lowest BCUT2D eigenvalue weighted by Gasteiger charge is -2.23. The molecule has 0 bridgehead atoms. The molecule has 0 fully saturated rings. The monoisotopic (exact) mass is 482 g/mol. The zero-order chi connectivity index (χ0) is 24.8. The molecule has 0 saturated carbocycles. The summed E-state index contributed by atoms with van der Waals surface area (Å²) in [5.74, 6) is 0.566. The van der Waals surface area contributed by atoms with Crippen molar-refractivity contribution in [2.45, 2.75) is 59.6 Å². The van der Waals surface area contributed by atoms with Gasteiger partial charge in [0.05, 0.1) is 23.7 Å². The molecule has 7 nitrogen and oxygen atoms in total. The van der Waals surface area contributed by atoms with Gasteiger partial charge in [0.1, 0.15) is 0 Å². The van der Waals surface area contributed by atoms with Gasteiger partial charge in [-0.05, 0) is 48.2 Å². The van der Waals surface area contributed by atoms with Gasteiger partial charge in [0.2, 0.25) is 0 Å². The van der Waals surface area contributed by atoms with Crippen LogP contribution in [-0.4, -0.2) is 32.2 Å². The van der Waals surface area contributed by atoms with E-state index in [1.54, 1.807) is 0 Å². The molecule has 2 heterocycles. The third kappa shape index (κ3) is 5.72. The molecule has 2 aromatic rings. The second-order valence-electron chi connectivity index (χ2n) is 8.08. The van der Waals surface area contributed by atoms with Gasteiger partial charge in [-0.15, -0.1) is 0 Å². The molecule has 2 aromatic carbocycles. The first-order valence-corrected chi connectivity index (χ1v) is 12.0. The minimum Gasteiger partial charge on any atom is -0.376 e. The number of benzene rings is 2. The molecule has 34 heavy (non-hydrogen) atoms. The second kappa shape index (κ2) is 11.4. The van der Waals surface area contributed by atoms with E-state index in [-0.39, 0.29) is 17.6 Å². The predicted molar refractivity (Wildman–Crippen MR) is 137 cm³/mol. The van der Waals surface area contributed by atoms with E-state index in [1.165, 1.54) is 0 Å². The number of nitrogens with one attached hydrogen (secondary N) is 1. The zero-order valence-corrected chi connectivity index (χ0v) is 21.0. The standard InChI is InChI=1S/C24H25ClN4O3.C2H6/c1-4-32-18(11-15-5-8-17(25)9-6-15)13-29-20-10-7-16(14(2)3)12-19(20)26-21-22(29)27-24(31)28-23(21)30;1-2/h5-10,12,14,18H,4,11,13H2,1-3H3,(H,28,30,31);1-2H3. The van der Waals surface area contributed by atoms with Crippen molar-refractivity contribution < 1.29 is 4.74 Å². The second-order valence-corrected chi connectivity index (χ2v) is 8.51. The Balaban J connectivity index is 0.00000158. The topological polar surface area (TPSA) is 89.9 Å². The van der Waals surface area contributed by atoms with Crippen molar-refractivity contribution in [2.24, 2.45) is 0 Å². The van der Waals surface area contributed by atoms with Crippen molar-refractivity contribution in [3.8, 4) is 11.5 Å². The van der Waals surface area contributed by atoms with Crippen LogP contribution in [-0.2, 0) is 17.7 Å². The van der Waals surface area contributed by atoms with E-state index in [1.807, 2.05) is 67.8 Å². The van der Waals surface area contributed by atoms with E-state index < -0.39 is 11.2 Å². The van der Waals surface area contributed by atoms with Crippen LogP contribution in [0, 0.1) is 0 Å². The highest BCUT2D eigenvalue weighted by atomic mass is 35.5. The molecular formula is C26H31ClN4O3. The van der Waals surface area contributed by atoms with Crippen molar-refractivity contribution in [3.63, 3.8) is 0 Å². The number of aromatic amines is 1. The number of H-pyrrole nitrogens is 1. The number of aromatic nitrogens is 4. The first kappa shape index (κ1) is 25.6. The highest BCUT2D eigenvalue weighted by Crippen LogP contribution is 2.25.